The molecule has 4 fully saturated rings. The topological polar surface area (TPSA) is 126 Å². The van der Waals surface area contributed by atoms with Crippen molar-refractivity contribution in [3.8, 4) is 11.8 Å². The van der Waals surface area contributed by atoms with Crippen molar-refractivity contribution in [3.05, 3.63) is 23.8 Å². The first kappa shape index (κ1) is 27.6. The number of benzene rings is 1. The number of carbonyl (C=O) groups excluding carboxylic acids is 2. The molecule has 15 heteroatoms. The first-order valence-corrected chi connectivity index (χ1v) is 13.8. The Morgan fingerprint density at radius 3 is 2.28 bits per heavy atom. The zero-order chi connectivity index (χ0) is 28.4. The summed E-state index contributed by atoms with van der Waals surface area (Å²) >= 11 is 0. The van der Waals surface area contributed by atoms with E-state index in [4.69, 9.17) is 9.47 Å². The van der Waals surface area contributed by atoms with E-state index in [1.54, 1.807) is 0 Å². The highest BCUT2D eigenvalue weighted by Gasteiger charge is 2.55. The van der Waals surface area contributed by atoms with Gasteiger partial charge in [-0.3, -0.25) is 9.59 Å². The van der Waals surface area contributed by atoms with E-state index in [-0.39, 0.29) is 19.0 Å². The molecule has 2 aliphatic carbocycles. The van der Waals surface area contributed by atoms with Crippen LogP contribution in [-0.4, -0.2) is 74.3 Å². The molecule has 0 spiro atoms. The summed E-state index contributed by atoms with van der Waals surface area (Å²) in [4.78, 5) is 25.9. The van der Waals surface area contributed by atoms with Gasteiger partial charge in [-0.1, -0.05) is 0 Å². The summed E-state index contributed by atoms with van der Waals surface area (Å²) in [7, 11) is -4.76. The van der Waals surface area contributed by atoms with Gasteiger partial charge >= 0.3 is 6.18 Å². The maximum atomic E-state index is 14.0. The van der Waals surface area contributed by atoms with Crippen molar-refractivity contribution in [1.82, 2.24) is 10.2 Å². The van der Waals surface area contributed by atoms with Gasteiger partial charge in [0, 0.05) is 0 Å². The largest absolute Gasteiger partial charge is 0.486 e. The van der Waals surface area contributed by atoms with Crippen molar-refractivity contribution in [2.24, 2.45) is 11.8 Å². The lowest BCUT2D eigenvalue weighted by Crippen LogP contribution is -2.60. The third kappa shape index (κ3) is 5.28. The van der Waals surface area contributed by atoms with Crippen LogP contribution < -0.4 is 10.1 Å². The molecule has 2 aliphatic heterocycles. The van der Waals surface area contributed by atoms with E-state index in [0.29, 0.717) is 18.9 Å². The Balaban J connectivity index is 1.44. The lowest BCUT2D eigenvalue weighted by atomic mass is 9.92. The monoisotopic (exact) mass is 577 g/mol. The number of sulfone groups is 1. The summed E-state index contributed by atoms with van der Waals surface area (Å²) in [6, 6.07) is 4.39. The number of hydrogen-bond donors (Lipinski definition) is 1. The number of ether oxygens (including phenoxy) is 2. The predicted molar refractivity (Wildman–Crippen MR) is 121 cm³/mol. The first-order valence-electron chi connectivity index (χ1n) is 12.2. The van der Waals surface area contributed by atoms with Gasteiger partial charge in [0.2, 0.25) is 11.8 Å². The average Bonchev–Trinajstić information content (AvgIpc) is 3.43. The van der Waals surface area contributed by atoms with Crippen LogP contribution in [0.4, 0.5) is 22.0 Å². The number of carbonyl (C=O) groups is 2. The van der Waals surface area contributed by atoms with Crippen LogP contribution in [0, 0.1) is 23.2 Å². The molecule has 2 saturated heterocycles. The van der Waals surface area contributed by atoms with Gasteiger partial charge in [0.1, 0.15) is 17.4 Å². The number of likely N-dealkylation sites (tertiary alicyclic amines) is 1. The SMILES string of the molecule is N#CC1(NC(=O)C2CC(S(=O)(=O)c3ccc(OC4COC4)cc3C(F)(F)F)CC2C(=O)N2CC(F)(F)C2)CC1. The summed E-state index contributed by atoms with van der Waals surface area (Å²) < 4.78 is 106. The molecule has 9 nitrogen and oxygen atoms in total. The summed E-state index contributed by atoms with van der Waals surface area (Å²) in [6.07, 6.45) is -5.89. The quantitative estimate of drug-likeness (QED) is 0.493. The van der Waals surface area contributed by atoms with Gasteiger partial charge in [-0.25, -0.2) is 17.2 Å². The van der Waals surface area contributed by atoms with Crippen LogP contribution in [0.15, 0.2) is 23.1 Å². The number of halogens is 5. The minimum absolute atomic E-state index is 0.179. The van der Waals surface area contributed by atoms with Crippen molar-refractivity contribution in [3.63, 3.8) is 0 Å². The molecule has 2 heterocycles. The van der Waals surface area contributed by atoms with E-state index in [9.17, 15) is 45.2 Å². The average molecular weight is 578 g/mol. The molecule has 2 amide bonds. The van der Waals surface area contributed by atoms with E-state index in [0.717, 1.165) is 17.0 Å². The minimum Gasteiger partial charge on any atom is -0.486 e. The standard InChI is InChI=1S/C24H24F5N3O6S/c25-23(26)11-32(12-23)21(34)17-7-15(6-16(17)20(33)31-22(10-30)3-4-22)39(35,36)19-2-1-13(38-14-8-37-9-14)5-18(19)24(27,28)29/h1-2,5,14-17H,3-4,6-9,11-12H2,(H,31,33). The molecule has 1 aromatic rings. The maximum absolute atomic E-state index is 14.0. The molecule has 5 rings (SSSR count). The number of nitrogens with zero attached hydrogens (tertiary/aromatic N) is 2. The molecule has 3 unspecified atom stereocenters. The van der Waals surface area contributed by atoms with Gasteiger partial charge in [0.25, 0.3) is 5.92 Å². The highest BCUT2D eigenvalue weighted by atomic mass is 32.2. The van der Waals surface area contributed by atoms with Crippen LogP contribution in [0.5, 0.6) is 5.75 Å². The fourth-order valence-electron chi connectivity index (χ4n) is 5.13. The molecular weight excluding hydrogens is 553 g/mol. The molecule has 3 atom stereocenters. The zero-order valence-electron chi connectivity index (χ0n) is 20.3. The highest BCUT2D eigenvalue weighted by Crippen LogP contribution is 2.45. The molecular formula is C24H24F5N3O6S. The molecule has 1 aromatic carbocycles. The van der Waals surface area contributed by atoms with Gasteiger partial charge in [-0.2, -0.15) is 18.4 Å². The van der Waals surface area contributed by atoms with Crippen molar-refractivity contribution < 1.29 is 49.4 Å². The van der Waals surface area contributed by atoms with Crippen LogP contribution in [-0.2, 0) is 30.3 Å². The van der Waals surface area contributed by atoms with Crippen LogP contribution in [0.2, 0.25) is 0 Å². The van der Waals surface area contributed by atoms with Gasteiger partial charge in [0.15, 0.2) is 9.84 Å². The Kier molecular flexibility index (Phi) is 6.57. The van der Waals surface area contributed by atoms with Gasteiger partial charge in [0.05, 0.1) is 59.9 Å². The molecule has 0 radical (unpaired) electrons. The third-order valence-electron chi connectivity index (χ3n) is 7.57. The first-order chi connectivity index (χ1) is 18.1. The number of alkyl halides is 5. The van der Waals surface area contributed by atoms with E-state index < -0.39 is 98.9 Å². The highest BCUT2D eigenvalue weighted by molar-refractivity contribution is 7.92. The maximum Gasteiger partial charge on any atom is 0.417 e. The summed E-state index contributed by atoms with van der Waals surface area (Å²) in [6.45, 7) is -1.44. The van der Waals surface area contributed by atoms with E-state index >= 15 is 0 Å². The fraction of sp³-hybridized carbons (Fsp3) is 0.625. The fourth-order valence-corrected chi connectivity index (χ4v) is 7.15. The number of hydrogen-bond acceptors (Lipinski definition) is 7. The Morgan fingerprint density at radius 1 is 1.13 bits per heavy atom. The van der Waals surface area contributed by atoms with Crippen LogP contribution in [0.3, 0.4) is 0 Å². The molecule has 0 aromatic heterocycles. The summed E-state index contributed by atoms with van der Waals surface area (Å²) in [5.41, 5.74) is -2.62. The van der Waals surface area contributed by atoms with Crippen molar-refractivity contribution in [2.75, 3.05) is 26.3 Å². The zero-order valence-corrected chi connectivity index (χ0v) is 21.2. The normalized spacial score (nSPS) is 27.6. The number of amides is 2. The second-order valence-electron chi connectivity index (χ2n) is 10.5. The molecule has 1 N–H and O–H groups in total. The number of nitrogens with one attached hydrogen (secondary N) is 1. The Bertz CT molecular complexity index is 1330. The van der Waals surface area contributed by atoms with E-state index in [2.05, 4.69) is 5.32 Å². The predicted octanol–water partition coefficient (Wildman–Crippen LogP) is 2.30. The molecule has 0 bridgehead atoms. The van der Waals surface area contributed by atoms with Crippen LogP contribution in [0.1, 0.15) is 31.2 Å². The third-order valence-corrected chi connectivity index (χ3v) is 9.80. The Morgan fingerprint density at radius 2 is 1.77 bits per heavy atom. The van der Waals surface area contributed by atoms with Crippen molar-refractivity contribution in [2.45, 2.75) is 59.6 Å². The second-order valence-corrected chi connectivity index (χ2v) is 12.7. The number of rotatable bonds is 7. The molecule has 39 heavy (non-hydrogen) atoms. The van der Waals surface area contributed by atoms with Gasteiger partial charge in [-0.15, -0.1) is 0 Å². The summed E-state index contributed by atoms with van der Waals surface area (Å²) in [5, 5.41) is 10.2. The smallest absolute Gasteiger partial charge is 0.417 e. The van der Waals surface area contributed by atoms with Crippen molar-refractivity contribution in [1.29, 1.82) is 5.26 Å². The minimum atomic E-state index is -5.07. The Hall–Kier alpha value is -2.99. The molecule has 4 aliphatic rings. The van der Waals surface area contributed by atoms with Crippen LogP contribution >= 0.6 is 0 Å². The molecule has 2 saturated carbocycles. The Labute approximate surface area is 220 Å². The van der Waals surface area contributed by atoms with E-state index in [1.165, 1.54) is 0 Å². The van der Waals surface area contributed by atoms with Crippen LogP contribution in [0.25, 0.3) is 0 Å². The molecule has 212 valence electrons. The second kappa shape index (κ2) is 9.29. The van der Waals surface area contributed by atoms with Gasteiger partial charge < -0.3 is 19.7 Å². The lowest BCUT2D eigenvalue weighted by Gasteiger charge is -2.40. The van der Waals surface area contributed by atoms with Crippen molar-refractivity contribution >= 4 is 21.7 Å². The lowest BCUT2D eigenvalue weighted by molar-refractivity contribution is -0.171. The van der Waals surface area contributed by atoms with Gasteiger partial charge in [-0.05, 0) is 43.9 Å². The van der Waals surface area contributed by atoms with E-state index in [1.807, 2.05) is 6.07 Å². The number of nitriles is 1. The summed E-state index contributed by atoms with van der Waals surface area (Å²) in [5.74, 6) is -7.68.